The van der Waals surface area contributed by atoms with Crippen LogP contribution in [-0.2, 0) is 6.42 Å². The van der Waals surface area contributed by atoms with Crippen LogP contribution in [0.5, 0.6) is 0 Å². The molecule has 0 amide bonds. The first-order valence-electron chi connectivity index (χ1n) is 8.05. The van der Waals surface area contributed by atoms with Gasteiger partial charge in [0.05, 0.1) is 23.1 Å². The molecule has 5 nitrogen and oxygen atoms in total. The molecule has 1 N–H and O–H groups in total. The summed E-state index contributed by atoms with van der Waals surface area (Å²) in [5.74, 6) is -1.08. The molecule has 1 aliphatic heterocycles. The van der Waals surface area contributed by atoms with E-state index in [4.69, 9.17) is 0 Å². The summed E-state index contributed by atoms with van der Waals surface area (Å²) in [7, 11) is 2.11. The lowest BCUT2D eigenvalue weighted by atomic mass is 9.94. The molecular formula is C18H20FN3O2. The number of piperidine rings is 1. The van der Waals surface area contributed by atoms with E-state index in [1.54, 1.807) is 6.20 Å². The van der Waals surface area contributed by atoms with E-state index in [1.807, 2.05) is 0 Å². The second kappa shape index (κ2) is 7.05. The summed E-state index contributed by atoms with van der Waals surface area (Å²) in [6.07, 6.45) is 6.30. The molecule has 1 saturated heterocycles. The van der Waals surface area contributed by atoms with Crippen LogP contribution in [0.1, 0.15) is 28.9 Å². The van der Waals surface area contributed by atoms with Crippen LogP contribution in [0.4, 0.5) is 4.39 Å². The van der Waals surface area contributed by atoms with Crippen LogP contribution in [0.25, 0.3) is 11.3 Å². The molecule has 0 aliphatic carbocycles. The van der Waals surface area contributed by atoms with E-state index in [1.165, 1.54) is 24.8 Å². The van der Waals surface area contributed by atoms with Gasteiger partial charge >= 0.3 is 5.97 Å². The number of halogens is 1. The Morgan fingerprint density at radius 1 is 1.42 bits per heavy atom. The van der Waals surface area contributed by atoms with Gasteiger partial charge in [-0.15, -0.1) is 0 Å². The average molecular weight is 329 g/mol. The van der Waals surface area contributed by atoms with Gasteiger partial charge in [0.15, 0.2) is 0 Å². The zero-order valence-corrected chi connectivity index (χ0v) is 13.6. The van der Waals surface area contributed by atoms with E-state index in [-0.39, 0.29) is 11.1 Å². The number of hydrogen-bond acceptors (Lipinski definition) is 4. The summed E-state index contributed by atoms with van der Waals surface area (Å²) in [6, 6.07) is 3.60. The number of aromatic carboxylic acids is 1. The Labute approximate surface area is 140 Å². The van der Waals surface area contributed by atoms with Crippen LogP contribution in [0.3, 0.4) is 0 Å². The van der Waals surface area contributed by atoms with Gasteiger partial charge in [-0.1, -0.05) is 0 Å². The molecule has 1 fully saturated rings. The molecule has 0 saturated carbocycles. The van der Waals surface area contributed by atoms with Crippen LogP contribution in [-0.4, -0.2) is 46.1 Å². The van der Waals surface area contributed by atoms with Crippen molar-refractivity contribution in [3.8, 4) is 11.3 Å². The molecule has 6 heteroatoms. The molecule has 1 aliphatic rings. The molecule has 0 radical (unpaired) electrons. The number of likely N-dealkylation sites (tertiary alicyclic amines) is 1. The largest absolute Gasteiger partial charge is 0.478 e. The maximum Gasteiger partial charge on any atom is 0.336 e. The highest BCUT2D eigenvalue weighted by Gasteiger charge is 2.19. The van der Waals surface area contributed by atoms with Gasteiger partial charge in [-0.2, -0.15) is 0 Å². The second-order valence-electron chi connectivity index (χ2n) is 6.37. The summed E-state index contributed by atoms with van der Waals surface area (Å²) in [5, 5.41) is 9.30. The number of aromatic nitrogens is 2. The molecule has 0 spiro atoms. The Hall–Kier alpha value is -2.34. The van der Waals surface area contributed by atoms with Crippen molar-refractivity contribution in [2.45, 2.75) is 19.3 Å². The first-order chi connectivity index (χ1) is 11.5. The molecular weight excluding hydrogens is 309 g/mol. The smallest absolute Gasteiger partial charge is 0.336 e. The summed E-state index contributed by atoms with van der Waals surface area (Å²) in [4.78, 5) is 22.4. The van der Waals surface area contributed by atoms with Gasteiger partial charge in [0.1, 0.15) is 5.82 Å². The first kappa shape index (κ1) is 16.5. The van der Waals surface area contributed by atoms with Gasteiger partial charge in [0, 0.05) is 18.3 Å². The van der Waals surface area contributed by atoms with Gasteiger partial charge < -0.3 is 10.0 Å². The monoisotopic (exact) mass is 329 g/mol. The van der Waals surface area contributed by atoms with Gasteiger partial charge in [-0.3, -0.25) is 4.98 Å². The maximum absolute atomic E-state index is 13.6. The van der Waals surface area contributed by atoms with Gasteiger partial charge in [-0.05, 0) is 57.0 Å². The lowest BCUT2D eigenvalue weighted by molar-refractivity contribution is 0.0697. The molecule has 1 aromatic carbocycles. The Bertz CT molecular complexity index is 751. The van der Waals surface area contributed by atoms with Crippen LogP contribution in [0.2, 0.25) is 0 Å². The molecule has 1 unspecified atom stereocenters. The maximum atomic E-state index is 13.6. The second-order valence-corrected chi connectivity index (χ2v) is 6.37. The highest BCUT2D eigenvalue weighted by molar-refractivity contribution is 5.95. The van der Waals surface area contributed by atoms with Crippen molar-refractivity contribution in [1.82, 2.24) is 14.9 Å². The van der Waals surface area contributed by atoms with Crippen molar-refractivity contribution in [1.29, 1.82) is 0 Å². The summed E-state index contributed by atoms with van der Waals surface area (Å²) < 4.78 is 13.6. The number of carbonyl (C=O) groups is 1. The fraction of sp³-hybridized carbons (Fsp3) is 0.389. The number of nitrogens with zero attached hydrogens (tertiary/aromatic N) is 3. The first-order valence-corrected chi connectivity index (χ1v) is 8.05. The summed E-state index contributed by atoms with van der Waals surface area (Å²) in [6.45, 7) is 2.14. The molecule has 126 valence electrons. The molecule has 3 rings (SSSR count). The number of carboxylic acids is 1. The topological polar surface area (TPSA) is 66.3 Å². The molecule has 1 aromatic heterocycles. The van der Waals surface area contributed by atoms with Crippen molar-refractivity contribution < 1.29 is 14.3 Å². The predicted molar refractivity (Wildman–Crippen MR) is 88.3 cm³/mol. The van der Waals surface area contributed by atoms with E-state index in [0.29, 0.717) is 11.6 Å². The highest BCUT2D eigenvalue weighted by atomic mass is 19.1. The minimum atomic E-state index is -1.11. The van der Waals surface area contributed by atoms with E-state index >= 15 is 0 Å². The van der Waals surface area contributed by atoms with Crippen LogP contribution in [0, 0.1) is 11.7 Å². The van der Waals surface area contributed by atoms with Gasteiger partial charge in [0.2, 0.25) is 0 Å². The molecule has 24 heavy (non-hydrogen) atoms. The van der Waals surface area contributed by atoms with Crippen LogP contribution in [0.15, 0.2) is 30.6 Å². The average Bonchev–Trinajstić information content (AvgIpc) is 2.55. The number of rotatable bonds is 4. The molecule has 0 bridgehead atoms. The predicted octanol–water partition coefficient (Wildman–Crippen LogP) is 2.87. The Kier molecular flexibility index (Phi) is 4.85. The van der Waals surface area contributed by atoms with Crippen molar-refractivity contribution in [3.63, 3.8) is 0 Å². The highest BCUT2D eigenvalue weighted by Crippen LogP contribution is 2.24. The van der Waals surface area contributed by atoms with E-state index in [9.17, 15) is 14.3 Å². The van der Waals surface area contributed by atoms with E-state index in [2.05, 4.69) is 21.9 Å². The Balaban J connectivity index is 1.88. The zero-order valence-electron chi connectivity index (χ0n) is 13.6. The fourth-order valence-electron chi connectivity index (χ4n) is 3.28. The summed E-state index contributed by atoms with van der Waals surface area (Å²) >= 11 is 0. The molecule has 2 heterocycles. The Morgan fingerprint density at radius 3 is 3.00 bits per heavy atom. The minimum Gasteiger partial charge on any atom is -0.478 e. The lowest BCUT2D eigenvalue weighted by Gasteiger charge is -2.29. The number of hydrogen-bond donors (Lipinski definition) is 1. The Morgan fingerprint density at radius 2 is 2.25 bits per heavy atom. The van der Waals surface area contributed by atoms with E-state index < -0.39 is 11.8 Å². The van der Waals surface area contributed by atoms with Crippen molar-refractivity contribution >= 4 is 5.97 Å². The third-order valence-corrected chi connectivity index (χ3v) is 4.39. The number of carboxylic acid groups (broad SMARTS) is 1. The van der Waals surface area contributed by atoms with Crippen molar-refractivity contribution in [2.24, 2.45) is 5.92 Å². The lowest BCUT2D eigenvalue weighted by Crippen LogP contribution is -2.33. The standard InChI is InChI=1S/C18H20FN3O2/c1-22-6-2-3-12(11-22)7-14-9-20-10-17(21-14)16-8-13(19)4-5-15(16)18(23)24/h4-5,8-10,12H,2-3,6-7,11H2,1H3,(H,23,24). The third kappa shape index (κ3) is 3.76. The van der Waals surface area contributed by atoms with Crippen molar-refractivity contribution in [3.05, 3.63) is 47.7 Å². The van der Waals surface area contributed by atoms with Gasteiger partial charge in [0.25, 0.3) is 0 Å². The molecule has 2 aromatic rings. The normalized spacial score (nSPS) is 18.5. The number of benzene rings is 1. The van der Waals surface area contributed by atoms with Crippen LogP contribution < -0.4 is 0 Å². The minimum absolute atomic E-state index is 0.0280. The third-order valence-electron chi connectivity index (χ3n) is 4.39. The quantitative estimate of drug-likeness (QED) is 0.934. The van der Waals surface area contributed by atoms with Crippen LogP contribution >= 0.6 is 0 Å². The SMILES string of the molecule is CN1CCCC(Cc2cncc(-c3cc(F)ccc3C(=O)O)n2)C1. The van der Waals surface area contributed by atoms with Gasteiger partial charge in [-0.25, -0.2) is 14.2 Å². The van der Waals surface area contributed by atoms with Crippen molar-refractivity contribution in [2.75, 3.05) is 20.1 Å². The van der Waals surface area contributed by atoms with E-state index in [0.717, 1.165) is 37.7 Å². The molecule has 1 atom stereocenters. The summed E-state index contributed by atoms with van der Waals surface area (Å²) in [5.41, 5.74) is 1.50. The zero-order chi connectivity index (χ0) is 17.1. The fourth-order valence-corrected chi connectivity index (χ4v) is 3.28.